The molecule has 0 aliphatic carbocycles. The minimum atomic E-state index is -4.59. The Morgan fingerprint density at radius 1 is 0.486 bits per heavy atom. The van der Waals surface area contributed by atoms with E-state index in [0.717, 1.165) is 38.5 Å². The number of phosphoric ester groups is 1. The third-order valence-corrected chi connectivity index (χ3v) is 15.5. The number of hydrogen-bond acceptors (Lipinski definition) is 6. The molecule has 3 unspecified atom stereocenters. The molecule has 1 amide bonds. The van der Waals surface area contributed by atoms with Gasteiger partial charge in [0.15, 0.2) is 0 Å². The Balaban J connectivity index is 4.05. The standard InChI is InChI=1S/C61H123N2O6P/c1-6-8-10-12-14-16-18-20-22-24-26-27-28-29-30-31-32-33-34-35-36-37-39-41-43-45-47-49-51-53-55-61(65)62-59(58-69-70(66,67)68-57-56-63(3,4)5)60(64)54-52-50-48-46-44-42-40-38-25-23-21-19-17-15-13-11-9-7-2/h52,54,59-60,64H,6-51,53,55-58H2,1-5H3,(H-,62,65,66,67)/b54-52+. The van der Waals surface area contributed by atoms with E-state index in [1.54, 1.807) is 6.08 Å². The zero-order chi connectivity index (χ0) is 51.3. The first-order valence-electron chi connectivity index (χ1n) is 31.1. The molecule has 3 atom stereocenters. The Hall–Kier alpha value is -0.760. The number of hydrogen-bond donors (Lipinski definition) is 2. The highest BCUT2D eigenvalue weighted by Crippen LogP contribution is 2.38. The fraction of sp³-hybridized carbons (Fsp3) is 0.951. The van der Waals surface area contributed by atoms with Crippen LogP contribution in [0.3, 0.4) is 0 Å². The van der Waals surface area contributed by atoms with Crippen LogP contribution < -0.4 is 10.2 Å². The van der Waals surface area contributed by atoms with Crippen LogP contribution in [0.1, 0.15) is 322 Å². The molecule has 0 aromatic heterocycles. The van der Waals surface area contributed by atoms with Crippen molar-refractivity contribution in [3.05, 3.63) is 12.2 Å². The Kier molecular flexibility index (Phi) is 52.5. The van der Waals surface area contributed by atoms with Gasteiger partial charge in [-0.15, -0.1) is 0 Å². The smallest absolute Gasteiger partial charge is 0.268 e. The van der Waals surface area contributed by atoms with Gasteiger partial charge in [-0.25, -0.2) is 0 Å². The van der Waals surface area contributed by atoms with Crippen molar-refractivity contribution in [1.29, 1.82) is 0 Å². The molecule has 0 saturated carbocycles. The third kappa shape index (κ3) is 55.0. The number of amides is 1. The van der Waals surface area contributed by atoms with E-state index in [9.17, 15) is 19.4 Å². The fourth-order valence-corrected chi connectivity index (χ4v) is 10.4. The molecule has 0 aromatic rings. The Morgan fingerprint density at radius 2 is 0.771 bits per heavy atom. The van der Waals surface area contributed by atoms with Crippen LogP contribution in [0, 0.1) is 0 Å². The van der Waals surface area contributed by atoms with Crippen molar-refractivity contribution in [3.63, 3.8) is 0 Å². The molecule has 0 aliphatic rings. The van der Waals surface area contributed by atoms with Crippen LogP contribution in [0.2, 0.25) is 0 Å². The van der Waals surface area contributed by atoms with Gasteiger partial charge < -0.3 is 28.8 Å². The van der Waals surface area contributed by atoms with Gasteiger partial charge >= 0.3 is 0 Å². The lowest BCUT2D eigenvalue weighted by Crippen LogP contribution is -2.45. The highest BCUT2D eigenvalue weighted by Gasteiger charge is 2.23. The molecule has 0 heterocycles. The summed E-state index contributed by atoms with van der Waals surface area (Å²) in [6, 6.07) is -0.882. The number of unbranched alkanes of at least 4 members (excludes halogenated alkanes) is 45. The van der Waals surface area contributed by atoms with Crippen LogP contribution in [0.15, 0.2) is 12.2 Å². The van der Waals surface area contributed by atoms with Gasteiger partial charge in [-0.05, 0) is 19.3 Å². The highest BCUT2D eigenvalue weighted by atomic mass is 31.2. The van der Waals surface area contributed by atoms with E-state index in [1.807, 2.05) is 27.2 Å². The van der Waals surface area contributed by atoms with Crippen molar-refractivity contribution in [2.24, 2.45) is 0 Å². The molecule has 0 aliphatic heterocycles. The van der Waals surface area contributed by atoms with Gasteiger partial charge in [0.1, 0.15) is 13.2 Å². The zero-order valence-electron chi connectivity index (χ0n) is 47.8. The number of aliphatic hydroxyl groups is 1. The highest BCUT2D eigenvalue weighted by molar-refractivity contribution is 7.45. The summed E-state index contributed by atoms with van der Waals surface area (Å²) in [4.78, 5) is 25.5. The zero-order valence-corrected chi connectivity index (χ0v) is 48.6. The number of carbonyl (C=O) groups is 1. The number of nitrogens with one attached hydrogen (secondary N) is 1. The van der Waals surface area contributed by atoms with Gasteiger partial charge in [0, 0.05) is 6.42 Å². The molecule has 0 aromatic carbocycles. The predicted molar refractivity (Wildman–Crippen MR) is 302 cm³/mol. The Labute approximate surface area is 437 Å². The first-order valence-corrected chi connectivity index (χ1v) is 32.5. The lowest BCUT2D eigenvalue weighted by atomic mass is 10.0. The first kappa shape index (κ1) is 69.2. The van der Waals surface area contributed by atoms with E-state index >= 15 is 0 Å². The number of carbonyl (C=O) groups excluding carboxylic acids is 1. The number of rotatable bonds is 58. The molecular weight excluding hydrogens is 888 g/mol. The normalized spacial score (nSPS) is 13.9. The Morgan fingerprint density at radius 3 is 1.07 bits per heavy atom. The predicted octanol–water partition coefficient (Wildman–Crippen LogP) is 18.4. The summed E-state index contributed by atoms with van der Waals surface area (Å²) in [6.45, 7) is 4.71. The molecule has 70 heavy (non-hydrogen) atoms. The van der Waals surface area contributed by atoms with Gasteiger partial charge in [0.05, 0.1) is 39.9 Å². The lowest BCUT2D eigenvalue weighted by Gasteiger charge is -2.29. The minimum absolute atomic E-state index is 0.00273. The monoisotopic (exact) mass is 1010 g/mol. The van der Waals surface area contributed by atoms with Crippen LogP contribution >= 0.6 is 7.82 Å². The quantitative estimate of drug-likeness (QED) is 0.0272. The van der Waals surface area contributed by atoms with Gasteiger partial charge in [0.25, 0.3) is 7.82 Å². The molecule has 0 rings (SSSR count). The van der Waals surface area contributed by atoms with Crippen molar-refractivity contribution in [1.82, 2.24) is 5.32 Å². The summed E-state index contributed by atoms with van der Waals surface area (Å²) in [5, 5.41) is 13.9. The van der Waals surface area contributed by atoms with Crippen molar-refractivity contribution in [3.8, 4) is 0 Å². The van der Waals surface area contributed by atoms with Crippen molar-refractivity contribution in [2.45, 2.75) is 334 Å². The van der Waals surface area contributed by atoms with Crippen LogP contribution in [0.4, 0.5) is 0 Å². The van der Waals surface area contributed by atoms with Crippen LogP contribution in [-0.2, 0) is 18.4 Å². The molecule has 8 nitrogen and oxygen atoms in total. The van der Waals surface area contributed by atoms with Crippen molar-refractivity contribution < 1.29 is 32.9 Å². The molecule has 0 radical (unpaired) electrons. The average molecular weight is 1010 g/mol. The summed E-state index contributed by atoms with van der Waals surface area (Å²) in [6.07, 6.45) is 65.9. The molecule has 9 heteroatoms. The summed E-state index contributed by atoms with van der Waals surface area (Å²) in [7, 11) is 1.28. The van der Waals surface area contributed by atoms with Crippen LogP contribution in [0.5, 0.6) is 0 Å². The third-order valence-electron chi connectivity index (χ3n) is 14.5. The first-order chi connectivity index (χ1) is 34.0. The van der Waals surface area contributed by atoms with Crippen LogP contribution in [-0.4, -0.2) is 68.5 Å². The minimum Gasteiger partial charge on any atom is -0.756 e. The molecule has 0 spiro atoms. The number of nitrogens with zero attached hydrogens (tertiary/aromatic N) is 1. The van der Waals surface area contributed by atoms with E-state index in [1.165, 1.54) is 263 Å². The van der Waals surface area contributed by atoms with Crippen LogP contribution in [0.25, 0.3) is 0 Å². The summed E-state index contributed by atoms with van der Waals surface area (Å²) >= 11 is 0. The SMILES string of the molecule is CCCCCCCCCCCCCCCCCC/C=C/C(O)C(COP(=O)([O-])OCC[N+](C)(C)C)NC(=O)CCCCCCCCCCCCCCCCCCCCCCCCCCCCCCCC. The molecule has 0 fully saturated rings. The molecule has 0 saturated heterocycles. The van der Waals surface area contributed by atoms with Crippen molar-refractivity contribution >= 4 is 13.7 Å². The van der Waals surface area contributed by atoms with E-state index in [0.29, 0.717) is 17.4 Å². The van der Waals surface area contributed by atoms with E-state index < -0.39 is 20.0 Å². The summed E-state index contributed by atoms with van der Waals surface area (Å²) in [5.74, 6) is -0.189. The van der Waals surface area contributed by atoms with E-state index in [2.05, 4.69) is 19.2 Å². The van der Waals surface area contributed by atoms with Gasteiger partial charge in [-0.2, -0.15) is 0 Å². The van der Waals surface area contributed by atoms with Gasteiger partial charge in [-0.1, -0.05) is 309 Å². The maximum absolute atomic E-state index is 13.0. The van der Waals surface area contributed by atoms with Gasteiger partial charge in [-0.3, -0.25) is 9.36 Å². The second kappa shape index (κ2) is 53.1. The second-order valence-electron chi connectivity index (χ2n) is 22.8. The molecule has 0 bridgehead atoms. The van der Waals surface area contributed by atoms with Gasteiger partial charge in [0.2, 0.25) is 5.91 Å². The molecular formula is C61H123N2O6P. The Bertz CT molecular complexity index is 1150. The number of likely N-dealkylation sites (N-methyl/N-ethyl adjacent to an activating group) is 1. The maximum atomic E-state index is 13.0. The maximum Gasteiger partial charge on any atom is 0.268 e. The molecule has 2 N–H and O–H groups in total. The summed E-state index contributed by atoms with van der Waals surface area (Å²) in [5.41, 5.74) is 0. The number of phosphoric acid groups is 1. The fourth-order valence-electron chi connectivity index (χ4n) is 9.63. The van der Waals surface area contributed by atoms with E-state index in [-0.39, 0.29) is 19.1 Å². The topological polar surface area (TPSA) is 108 Å². The number of aliphatic hydroxyl groups excluding tert-OH is 1. The number of quaternary nitrogens is 1. The number of allylic oxidation sites excluding steroid dienone is 1. The van der Waals surface area contributed by atoms with Crippen molar-refractivity contribution in [2.75, 3.05) is 40.9 Å². The lowest BCUT2D eigenvalue weighted by molar-refractivity contribution is -0.870. The second-order valence-corrected chi connectivity index (χ2v) is 24.2. The summed E-state index contributed by atoms with van der Waals surface area (Å²) < 4.78 is 23.4. The molecule has 418 valence electrons. The van der Waals surface area contributed by atoms with E-state index in [4.69, 9.17) is 9.05 Å². The average Bonchev–Trinajstić information content (AvgIpc) is 3.32. The largest absolute Gasteiger partial charge is 0.756 e.